The number of aliphatic hydroxyl groups excluding tert-OH is 2. The number of nitrogens with one attached hydrogen (secondary N) is 1. The first-order valence-electron chi connectivity index (χ1n) is 32.4. The monoisotopic (exact) mass is 1020 g/mol. The first kappa shape index (κ1) is 70.8. The average Bonchev–Trinajstić information content (AvgIpc) is 3.39. The fourth-order valence-electron chi connectivity index (χ4n) is 9.84. The summed E-state index contributed by atoms with van der Waals surface area (Å²) < 4.78 is 5.48. The molecule has 2 atom stereocenters. The van der Waals surface area contributed by atoms with Crippen LogP contribution < -0.4 is 5.32 Å². The molecule has 0 radical (unpaired) electrons. The molecule has 0 rings (SSSR count). The fourth-order valence-corrected chi connectivity index (χ4v) is 9.84. The molecule has 6 heteroatoms. The van der Waals surface area contributed by atoms with Crippen molar-refractivity contribution in [2.75, 3.05) is 13.2 Å². The lowest BCUT2D eigenvalue weighted by molar-refractivity contribution is -0.143. The molecular formula is C67H125NO5. The maximum atomic E-state index is 12.4. The molecule has 0 saturated carbocycles. The maximum absolute atomic E-state index is 12.4. The van der Waals surface area contributed by atoms with Gasteiger partial charge in [-0.1, -0.05) is 287 Å². The van der Waals surface area contributed by atoms with Crippen LogP contribution >= 0.6 is 0 Å². The second-order valence-electron chi connectivity index (χ2n) is 22.1. The third-order valence-corrected chi connectivity index (χ3v) is 14.8. The number of rotatable bonds is 60. The number of ether oxygens (including phenoxy) is 1. The van der Waals surface area contributed by atoms with Crippen molar-refractivity contribution in [2.24, 2.45) is 0 Å². The number of carbonyl (C=O) groups excluding carboxylic acids is 2. The standard InChI is InChI=1S/C67H125NO5/c1-3-5-7-9-11-13-15-16-17-34-37-41-45-49-53-57-61-67(72)73-62-58-54-50-46-42-38-35-32-30-28-26-24-22-20-18-19-21-23-25-27-29-31-33-36-40-44-48-52-56-60-66(71)68-64(63-69)65(70)59-55-51-47-43-39-14-12-10-8-6-4-2/h17-18,20,24,26,34,55,59,64-65,69-70H,3-16,19,21-23,25,27-33,35-54,56-58,60-63H2,1-2H3,(H,68,71)/b20-18-,26-24-,34-17-,59-55+. The predicted octanol–water partition coefficient (Wildman–Crippen LogP) is 20.5. The Bertz CT molecular complexity index is 1230. The number of unbranched alkanes of at least 4 members (excludes halogenated alkanes) is 43. The molecule has 0 aliphatic carbocycles. The van der Waals surface area contributed by atoms with E-state index in [1.54, 1.807) is 6.08 Å². The summed E-state index contributed by atoms with van der Waals surface area (Å²) in [6.45, 7) is 4.89. The summed E-state index contributed by atoms with van der Waals surface area (Å²) >= 11 is 0. The second-order valence-corrected chi connectivity index (χ2v) is 22.1. The molecule has 0 bridgehead atoms. The van der Waals surface area contributed by atoms with Crippen LogP contribution in [0.25, 0.3) is 0 Å². The second kappa shape index (κ2) is 62.4. The van der Waals surface area contributed by atoms with E-state index in [0.717, 1.165) is 51.4 Å². The van der Waals surface area contributed by atoms with Gasteiger partial charge in [0.1, 0.15) is 0 Å². The minimum atomic E-state index is -0.844. The molecule has 0 aromatic heterocycles. The van der Waals surface area contributed by atoms with E-state index in [4.69, 9.17) is 4.74 Å². The van der Waals surface area contributed by atoms with Crippen LogP contribution in [0.4, 0.5) is 0 Å². The average molecular weight is 1020 g/mol. The predicted molar refractivity (Wildman–Crippen MR) is 319 cm³/mol. The lowest BCUT2D eigenvalue weighted by atomic mass is 10.0. The number of allylic oxidation sites excluding steroid dienone is 7. The first-order chi connectivity index (χ1) is 36.0. The van der Waals surface area contributed by atoms with Crippen molar-refractivity contribution in [3.63, 3.8) is 0 Å². The molecule has 2 unspecified atom stereocenters. The summed E-state index contributed by atoms with van der Waals surface area (Å²) in [7, 11) is 0. The van der Waals surface area contributed by atoms with Gasteiger partial charge in [0.2, 0.25) is 5.91 Å². The Morgan fingerprint density at radius 1 is 0.384 bits per heavy atom. The molecule has 0 fully saturated rings. The first-order valence-corrected chi connectivity index (χ1v) is 32.4. The number of carbonyl (C=O) groups is 2. The molecule has 0 heterocycles. The van der Waals surface area contributed by atoms with Crippen LogP contribution in [0.3, 0.4) is 0 Å². The third kappa shape index (κ3) is 58.9. The van der Waals surface area contributed by atoms with Gasteiger partial charge in [-0.3, -0.25) is 9.59 Å². The highest BCUT2D eigenvalue weighted by Gasteiger charge is 2.18. The Labute approximate surface area is 455 Å². The van der Waals surface area contributed by atoms with Crippen LogP contribution in [0, 0.1) is 0 Å². The third-order valence-electron chi connectivity index (χ3n) is 14.8. The molecule has 0 spiro atoms. The molecule has 6 nitrogen and oxygen atoms in total. The van der Waals surface area contributed by atoms with Crippen LogP contribution in [0.5, 0.6) is 0 Å². The molecule has 3 N–H and O–H groups in total. The molecule has 428 valence electrons. The van der Waals surface area contributed by atoms with Crippen molar-refractivity contribution in [3.8, 4) is 0 Å². The maximum Gasteiger partial charge on any atom is 0.305 e. The Morgan fingerprint density at radius 2 is 0.685 bits per heavy atom. The Kier molecular flexibility index (Phi) is 60.5. The number of aliphatic hydroxyl groups is 2. The zero-order valence-electron chi connectivity index (χ0n) is 48.9. The number of amides is 1. The van der Waals surface area contributed by atoms with E-state index >= 15 is 0 Å². The molecule has 0 aromatic rings. The van der Waals surface area contributed by atoms with Crippen LogP contribution in [0.15, 0.2) is 48.6 Å². The molecule has 1 amide bonds. The van der Waals surface area contributed by atoms with Crippen molar-refractivity contribution in [1.82, 2.24) is 5.32 Å². The summed E-state index contributed by atoms with van der Waals surface area (Å²) in [5, 5.41) is 23.0. The lowest BCUT2D eigenvalue weighted by Crippen LogP contribution is -2.45. The molecule has 0 aromatic carbocycles. The van der Waals surface area contributed by atoms with Gasteiger partial charge in [-0.05, 0) is 89.9 Å². The van der Waals surface area contributed by atoms with Gasteiger partial charge >= 0.3 is 5.97 Å². The summed E-state index contributed by atoms with van der Waals surface area (Å²) in [6.07, 6.45) is 80.3. The summed E-state index contributed by atoms with van der Waals surface area (Å²) in [6, 6.07) is -0.628. The topological polar surface area (TPSA) is 95.9 Å². The van der Waals surface area contributed by atoms with Gasteiger partial charge < -0.3 is 20.3 Å². The van der Waals surface area contributed by atoms with Gasteiger partial charge in [0.05, 0.1) is 25.4 Å². The Hall–Kier alpha value is -2.18. The molecular weight excluding hydrogens is 899 g/mol. The largest absolute Gasteiger partial charge is 0.466 e. The van der Waals surface area contributed by atoms with Gasteiger partial charge in [-0.25, -0.2) is 0 Å². The highest BCUT2D eigenvalue weighted by Crippen LogP contribution is 2.17. The SMILES string of the molecule is CCCCCCCCC/C=C\CCCCCCCC(=O)OCCCCCCCCCCC/C=C\C/C=C\CCCCCCCCCCCCCCCC(=O)NC(CO)C(O)/C=C/CCCCCCCCCCC. The van der Waals surface area contributed by atoms with Gasteiger partial charge in [0.15, 0.2) is 0 Å². The molecule has 0 aliphatic heterocycles. The summed E-state index contributed by atoms with van der Waals surface area (Å²) in [5.41, 5.74) is 0. The van der Waals surface area contributed by atoms with E-state index < -0.39 is 12.1 Å². The van der Waals surface area contributed by atoms with Gasteiger partial charge in [0, 0.05) is 12.8 Å². The van der Waals surface area contributed by atoms with E-state index in [-0.39, 0.29) is 18.5 Å². The van der Waals surface area contributed by atoms with Crippen molar-refractivity contribution in [1.29, 1.82) is 0 Å². The lowest BCUT2D eigenvalue weighted by Gasteiger charge is -2.20. The smallest absolute Gasteiger partial charge is 0.305 e. The molecule has 73 heavy (non-hydrogen) atoms. The van der Waals surface area contributed by atoms with Crippen molar-refractivity contribution >= 4 is 11.9 Å². The van der Waals surface area contributed by atoms with Gasteiger partial charge in [0.25, 0.3) is 0 Å². The zero-order valence-corrected chi connectivity index (χ0v) is 48.9. The Morgan fingerprint density at radius 3 is 1.05 bits per heavy atom. The number of hydrogen-bond donors (Lipinski definition) is 3. The number of esters is 1. The van der Waals surface area contributed by atoms with Crippen molar-refractivity contribution in [2.45, 2.75) is 353 Å². The highest BCUT2D eigenvalue weighted by atomic mass is 16.5. The highest BCUT2D eigenvalue weighted by molar-refractivity contribution is 5.76. The minimum absolute atomic E-state index is 0.00404. The summed E-state index contributed by atoms with van der Waals surface area (Å²) in [5.74, 6) is -0.0660. The number of hydrogen-bond acceptors (Lipinski definition) is 5. The minimum Gasteiger partial charge on any atom is -0.466 e. The van der Waals surface area contributed by atoms with Gasteiger partial charge in [-0.2, -0.15) is 0 Å². The van der Waals surface area contributed by atoms with Crippen LogP contribution in [-0.2, 0) is 14.3 Å². The van der Waals surface area contributed by atoms with Crippen LogP contribution in [0.2, 0.25) is 0 Å². The Balaban J connectivity index is 3.40. The normalized spacial score (nSPS) is 12.9. The molecule has 0 saturated heterocycles. The van der Waals surface area contributed by atoms with E-state index in [1.165, 1.54) is 263 Å². The molecule has 0 aliphatic rings. The van der Waals surface area contributed by atoms with E-state index in [1.807, 2.05) is 6.08 Å². The zero-order chi connectivity index (χ0) is 52.9. The van der Waals surface area contributed by atoms with Crippen molar-refractivity contribution in [3.05, 3.63) is 48.6 Å². The van der Waals surface area contributed by atoms with E-state index in [2.05, 4.69) is 55.6 Å². The quantitative estimate of drug-likeness (QED) is 0.0320. The van der Waals surface area contributed by atoms with E-state index in [0.29, 0.717) is 19.4 Å². The van der Waals surface area contributed by atoms with Gasteiger partial charge in [-0.15, -0.1) is 0 Å². The van der Waals surface area contributed by atoms with Crippen molar-refractivity contribution < 1.29 is 24.5 Å². The van der Waals surface area contributed by atoms with Crippen LogP contribution in [0.1, 0.15) is 341 Å². The van der Waals surface area contributed by atoms with Crippen LogP contribution in [-0.4, -0.2) is 47.4 Å². The summed E-state index contributed by atoms with van der Waals surface area (Å²) in [4.78, 5) is 24.5. The van der Waals surface area contributed by atoms with E-state index in [9.17, 15) is 19.8 Å². The fraction of sp³-hybridized carbons (Fsp3) is 0.851.